The monoisotopic (exact) mass is 660 g/mol. The van der Waals surface area contributed by atoms with Gasteiger partial charge in [-0.05, 0) is 0 Å². The number of aromatic nitrogens is 1. The second kappa shape index (κ2) is 14.8. The van der Waals surface area contributed by atoms with Crippen LogP contribution in [0, 0.1) is 5.82 Å². The Morgan fingerprint density at radius 2 is 1.57 bits per heavy atom. The molecule has 0 saturated heterocycles. The number of carboxylic acids is 1. The minimum absolute atomic E-state index is 0.0518. The number of carbonyl (C=O) groups excluding carboxylic acids is 2. The summed E-state index contributed by atoms with van der Waals surface area (Å²) in [7, 11) is 0. The van der Waals surface area contributed by atoms with Gasteiger partial charge in [-0.3, -0.25) is 0 Å². The fourth-order valence-corrected chi connectivity index (χ4v) is 7.41. The Labute approximate surface area is 263 Å². The molecule has 0 bridgehead atoms. The average molecular weight is 661 g/mol. The van der Waals surface area contributed by atoms with Crippen LogP contribution in [0.3, 0.4) is 0 Å². The summed E-state index contributed by atoms with van der Waals surface area (Å²) in [6, 6.07) is 22.8. The van der Waals surface area contributed by atoms with Crippen LogP contribution < -0.4 is 4.35 Å². The van der Waals surface area contributed by atoms with Crippen molar-refractivity contribution in [2.45, 2.75) is 64.7 Å². The van der Waals surface area contributed by atoms with Crippen LogP contribution in [0.2, 0.25) is 0 Å². The maximum atomic E-state index is 14.4. The Hall–Kier alpha value is -3.84. The first-order valence-corrected chi connectivity index (χ1v) is 16.4. The van der Waals surface area contributed by atoms with Gasteiger partial charge in [-0.2, -0.15) is 0 Å². The number of ketones is 1. The second-order valence-electron chi connectivity index (χ2n) is 11.1. The molecule has 3 aromatic carbocycles. The second-order valence-corrected chi connectivity index (χ2v) is 13.5. The third-order valence-electron chi connectivity index (χ3n) is 7.37. The third kappa shape index (κ3) is 8.00. The van der Waals surface area contributed by atoms with Crippen molar-refractivity contribution in [2.24, 2.45) is 0 Å². The summed E-state index contributed by atoms with van der Waals surface area (Å²) in [6.45, 7) is 5.74. The van der Waals surface area contributed by atoms with E-state index in [9.17, 15) is 29.0 Å². The van der Waals surface area contributed by atoms with E-state index in [0.717, 1.165) is 15.6 Å². The predicted molar refractivity (Wildman–Crippen MR) is 169 cm³/mol. The molecule has 4 aromatic rings. The average Bonchev–Trinajstić information content (AvgIpc) is 3.32. The summed E-state index contributed by atoms with van der Waals surface area (Å²) < 4.78 is 16.8. The molecular weight excluding hydrogens is 624 g/mol. The van der Waals surface area contributed by atoms with E-state index in [-0.39, 0.29) is 35.7 Å². The number of carbonyl (C=O) groups is 3. The molecule has 4 rings (SSSR count). The SMILES string of the molecule is CC(=O)c1cccc([As]C(=O)c2c(-c3ccccc3)c(-c3ccc(F)cc3)n(CC[C@@H](O)C[C@@H](O)CC(=O)O)c2C(C)C)c1. The molecule has 1 heterocycles. The van der Waals surface area contributed by atoms with Gasteiger partial charge in [-0.25, -0.2) is 0 Å². The topological polar surface area (TPSA) is 117 Å². The summed E-state index contributed by atoms with van der Waals surface area (Å²) in [4.78, 5) is 37.5. The number of aliphatic hydroxyl groups excluding tert-OH is 2. The van der Waals surface area contributed by atoms with Crippen LogP contribution in [0.25, 0.3) is 22.4 Å². The van der Waals surface area contributed by atoms with Crippen molar-refractivity contribution in [1.29, 1.82) is 0 Å². The molecule has 1 aromatic heterocycles. The molecule has 0 saturated carbocycles. The van der Waals surface area contributed by atoms with Crippen molar-refractivity contribution >= 4 is 36.4 Å². The number of hydrogen-bond donors (Lipinski definition) is 3. The standard InChI is InChI=1S/C35H36AsFNO6/c1-21(2)33-32(35(44)36-26-11-7-10-25(18-26)22(3)39)31(23-8-5-4-6-9-23)34(24-12-14-27(37)15-13-24)38(33)17-16-28(40)19-29(41)20-30(42)43/h4-15,18,21,28-29,40-41H,16-17,19-20H2,1-3H3,(H,42,43)/t28-,29-/m1/s1. The maximum absolute atomic E-state index is 14.4. The van der Waals surface area contributed by atoms with E-state index in [1.165, 1.54) is 19.1 Å². The van der Waals surface area contributed by atoms with Gasteiger partial charge < -0.3 is 0 Å². The number of Topliss-reactive ketones (excluding diaryl/α,β-unsaturated/α-hetero) is 1. The zero-order valence-corrected chi connectivity index (χ0v) is 26.8. The summed E-state index contributed by atoms with van der Waals surface area (Å²) in [5.74, 6) is -1.75. The van der Waals surface area contributed by atoms with E-state index in [4.69, 9.17) is 5.11 Å². The summed E-state index contributed by atoms with van der Waals surface area (Å²) in [6.07, 6.45) is -2.57. The predicted octanol–water partition coefficient (Wildman–Crippen LogP) is 5.43. The number of carboxylic acid groups (broad SMARTS) is 1. The van der Waals surface area contributed by atoms with Crippen LogP contribution in [-0.2, 0) is 11.3 Å². The van der Waals surface area contributed by atoms with Crippen molar-refractivity contribution in [2.75, 3.05) is 0 Å². The Bertz CT molecular complexity index is 1630. The number of rotatable bonds is 14. The van der Waals surface area contributed by atoms with Crippen LogP contribution in [-0.4, -0.2) is 64.2 Å². The Morgan fingerprint density at radius 3 is 2.18 bits per heavy atom. The molecule has 2 atom stereocenters. The molecule has 7 nitrogen and oxygen atoms in total. The van der Waals surface area contributed by atoms with Gasteiger partial charge >= 0.3 is 264 Å². The van der Waals surface area contributed by atoms with Gasteiger partial charge in [0.2, 0.25) is 0 Å². The van der Waals surface area contributed by atoms with Crippen molar-refractivity contribution in [3.8, 4) is 22.4 Å². The van der Waals surface area contributed by atoms with Gasteiger partial charge in [0, 0.05) is 0 Å². The number of halogens is 1. The number of nitrogens with zero attached hydrogens (tertiary/aromatic N) is 1. The van der Waals surface area contributed by atoms with Gasteiger partial charge in [-0.1, -0.05) is 0 Å². The van der Waals surface area contributed by atoms with Crippen molar-refractivity contribution in [3.63, 3.8) is 0 Å². The molecule has 229 valence electrons. The molecule has 0 unspecified atom stereocenters. The van der Waals surface area contributed by atoms with Crippen molar-refractivity contribution < 1.29 is 34.1 Å². The molecule has 9 heteroatoms. The summed E-state index contributed by atoms with van der Waals surface area (Å²) in [5, 5.41) is 29.9. The molecule has 0 amide bonds. The van der Waals surface area contributed by atoms with Crippen LogP contribution in [0.15, 0.2) is 78.9 Å². The molecule has 0 aliphatic carbocycles. The van der Waals surface area contributed by atoms with Gasteiger partial charge in [0.1, 0.15) is 0 Å². The summed E-state index contributed by atoms with van der Waals surface area (Å²) in [5.41, 5.74) is 4.79. The van der Waals surface area contributed by atoms with Crippen LogP contribution >= 0.6 is 0 Å². The molecule has 3 N–H and O–H groups in total. The van der Waals surface area contributed by atoms with E-state index in [2.05, 4.69) is 0 Å². The first-order chi connectivity index (χ1) is 21.0. The van der Waals surface area contributed by atoms with E-state index >= 15 is 0 Å². The molecule has 0 aliphatic heterocycles. The van der Waals surface area contributed by atoms with E-state index in [0.29, 0.717) is 27.9 Å². The van der Waals surface area contributed by atoms with Gasteiger partial charge in [-0.15, -0.1) is 0 Å². The summed E-state index contributed by atoms with van der Waals surface area (Å²) >= 11 is -1.04. The van der Waals surface area contributed by atoms with Gasteiger partial charge in [0.15, 0.2) is 0 Å². The minimum atomic E-state index is -1.19. The Balaban J connectivity index is 1.90. The van der Waals surface area contributed by atoms with Crippen molar-refractivity contribution in [3.05, 3.63) is 102 Å². The first-order valence-electron chi connectivity index (χ1n) is 14.5. The number of aliphatic carboxylic acids is 1. The van der Waals surface area contributed by atoms with E-state index in [1.807, 2.05) is 54.8 Å². The molecule has 44 heavy (non-hydrogen) atoms. The van der Waals surface area contributed by atoms with Gasteiger partial charge in [0.25, 0.3) is 0 Å². The Kier molecular flexibility index (Phi) is 11.1. The fraction of sp³-hybridized carbons (Fsp3) is 0.286. The van der Waals surface area contributed by atoms with Crippen LogP contribution in [0.4, 0.5) is 4.39 Å². The number of aliphatic hydroxyl groups is 2. The third-order valence-corrected chi connectivity index (χ3v) is 9.39. The quantitative estimate of drug-likeness (QED) is 0.123. The Morgan fingerprint density at radius 1 is 0.886 bits per heavy atom. The van der Waals surface area contributed by atoms with Crippen LogP contribution in [0.1, 0.15) is 72.4 Å². The zero-order valence-electron chi connectivity index (χ0n) is 24.9. The zero-order chi connectivity index (χ0) is 32.0. The number of hydrogen-bond acceptors (Lipinski definition) is 5. The molecule has 0 fully saturated rings. The molecule has 0 aliphatic rings. The first kappa shape index (κ1) is 33.1. The molecule has 1 radical (unpaired) electrons. The normalized spacial score (nSPS) is 13.0. The van der Waals surface area contributed by atoms with E-state index < -0.39 is 46.2 Å². The van der Waals surface area contributed by atoms with Crippen LogP contribution in [0.5, 0.6) is 0 Å². The van der Waals surface area contributed by atoms with Crippen molar-refractivity contribution in [1.82, 2.24) is 4.57 Å². The molecule has 0 spiro atoms. The fourth-order valence-electron chi connectivity index (χ4n) is 5.44. The molecular formula is C35H36AsFNO6. The van der Waals surface area contributed by atoms with Gasteiger partial charge in [0.05, 0.1) is 0 Å². The number of benzene rings is 3. The van der Waals surface area contributed by atoms with E-state index in [1.54, 1.807) is 30.3 Å².